The Hall–Kier alpha value is -4.94. The molecule has 5 rings (SSSR count). The first-order valence-electron chi connectivity index (χ1n) is 13.3. The summed E-state index contributed by atoms with van der Waals surface area (Å²) in [6.07, 6.45) is 9.52. The lowest BCUT2D eigenvalue weighted by Gasteiger charge is -2.19. The molecule has 0 unspecified atom stereocenters. The lowest BCUT2D eigenvalue weighted by Crippen LogP contribution is -2.30. The van der Waals surface area contributed by atoms with E-state index in [1.807, 2.05) is 0 Å². The highest BCUT2D eigenvalue weighted by Crippen LogP contribution is 2.32. The van der Waals surface area contributed by atoms with E-state index in [9.17, 15) is 14.4 Å². The molecule has 13 heteroatoms. The van der Waals surface area contributed by atoms with Gasteiger partial charge in [0.2, 0.25) is 11.9 Å². The summed E-state index contributed by atoms with van der Waals surface area (Å²) in [7, 11) is 1.78. The van der Waals surface area contributed by atoms with E-state index in [1.165, 1.54) is 19.3 Å². The zero-order valence-corrected chi connectivity index (χ0v) is 23.0. The number of pyridine rings is 2. The van der Waals surface area contributed by atoms with E-state index >= 15 is 0 Å². The number of likely N-dealkylation sites (N-methyl/N-ethyl adjacent to an activating group) is 1. The Morgan fingerprint density at radius 2 is 1.83 bits per heavy atom. The number of ketones is 1. The third kappa shape index (κ3) is 5.83. The summed E-state index contributed by atoms with van der Waals surface area (Å²) in [6, 6.07) is 3.48. The van der Waals surface area contributed by atoms with Gasteiger partial charge in [0, 0.05) is 37.1 Å². The van der Waals surface area contributed by atoms with Gasteiger partial charge in [-0.1, -0.05) is 12.8 Å². The second-order valence-corrected chi connectivity index (χ2v) is 9.95. The van der Waals surface area contributed by atoms with Crippen molar-refractivity contribution in [3.63, 3.8) is 0 Å². The van der Waals surface area contributed by atoms with E-state index in [0.717, 1.165) is 25.7 Å². The van der Waals surface area contributed by atoms with Crippen LogP contribution in [0.15, 0.2) is 41.7 Å². The van der Waals surface area contributed by atoms with Gasteiger partial charge in [0.15, 0.2) is 5.78 Å². The summed E-state index contributed by atoms with van der Waals surface area (Å²) < 4.78 is 7.45. The highest BCUT2D eigenvalue weighted by Gasteiger charge is 2.25. The molecule has 0 aliphatic heterocycles. The first kappa shape index (κ1) is 27.6. The number of carboxylic acids is 1. The van der Waals surface area contributed by atoms with E-state index in [0.29, 0.717) is 47.3 Å². The molecule has 2 N–H and O–H groups in total. The normalized spacial score (nSPS) is 13.3. The summed E-state index contributed by atoms with van der Waals surface area (Å²) in [5, 5.41) is 12.7. The van der Waals surface area contributed by atoms with Crippen molar-refractivity contribution in [1.82, 2.24) is 29.5 Å². The second kappa shape index (κ2) is 11.7. The predicted molar refractivity (Wildman–Crippen MR) is 151 cm³/mol. The molecule has 4 aromatic heterocycles. The van der Waals surface area contributed by atoms with Crippen LogP contribution in [0.2, 0.25) is 0 Å². The molecule has 0 bridgehead atoms. The smallest absolute Gasteiger partial charge is 0.338 e. The number of rotatable bonds is 10. The minimum absolute atomic E-state index is 0.00396. The van der Waals surface area contributed by atoms with Crippen LogP contribution < -0.4 is 20.5 Å². The van der Waals surface area contributed by atoms with Gasteiger partial charge in [-0.3, -0.25) is 14.2 Å². The van der Waals surface area contributed by atoms with Gasteiger partial charge < -0.3 is 20.1 Å². The van der Waals surface area contributed by atoms with Crippen molar-refractivity contribution in [3.05, 3.63) is 64.0 Å². The number of hydrogen-bond donors (Lipinski definition) is 2. The van der Waals surface area contributed by atoms with E-state index < -0.39 is 5.97 Å². The van der Waals surface area contributed by atoms with Gasteiger partial charge in [-0.25, -0.2) is 24.7 Å². The third-order valence-corrected chi connectivity index (χ3v) is 7.15. The Kier molecular flexibility index (Phi) is 7.86. The van der Waals surface area contributed by atoms with Crippen molar-refractivity contribution >= 4 is 40.5 Å². The number of nitrogens with one attached hydrogen (secondary N) is 1. The maximum absolute atomic E-state index is 13.4. The number of aryl methyl sites for hydroxylation is 1. The molecule has 1 saturated carbocycles. The summed E-state index contributed by atoms with van der Waals surface area (Å²) >= 11 is 0. The standard InChI is InChI=1S/C28H30N8O5/c1-16-21-15-30-27(34-24(21)36(19-6-4-5-7-19)25(38)23(16)17(2)37)33-22-9-8-20(14-29-22)41-11-10-35(3)28-31-12-18(13-32-28)26(39)40/h8-9,12-15,19H,4-7,10-11H2,1-3H3,(H,39,40)(H,29,30,33,34). The number of aromatic carboxylic acids is 1. The molecule has 1 aliphatic rings. The minimum atomic E-state index is -1.08. The zero-order valence-electron chi connectivity index (χ0n) is 23.0. The minimum Gasteiger partial charge on any atom is -0.490 e. The molecule has 212 valence electrons. The number of aromatic nitrogens is 6. The number of carbonyl (C=O) groups excluding carboxylic acids is 1. The molecule has 1 aliphatic carbocycles. The SMILES string of the molecule is CC(=O)c1c(C)c2cnc(Nc3ccc(OCCN(C)c4ncc(C(=O)O)cn4)cn3)nc2n(C2CCCC2)c1=O. The van der Waals surface area contributed by atoms with Crippen LogP contribution in [0, 0.1) is 6.92 Å². The average Bonchev–Trinajstić information content (AvgIpc) is 3.48. The number of nitrogens with zero attached hydrogens (tertiary/aromatic N) is 7. The van der Waals surface area contributed by atoms with Crippen LogP contribution in [-0.4, -0.2) is 66.5 Å². The number of Topliss-reactive ketones (excluding diaryl/α,β-unsaturated/α-hetero) is 1. The molecule has 1 fully saturated rings. The second-order valence-electron chi connectivity index (χ2n) is 9.95. The molecular formula is C28H30N8O5. The van der Waals surface area contributed by atoms with Gasteiger partial charge in [-0.2, -0.15) is 4.98 Å². The summed E-state index contributed by atoms with van der Waals surface area (Å²) in [5.41, 5.74) is 1.02. The fourth-order valence-electron chi connectivity index (χ4n) is 4.99. The first-order valence-corrected chi connectivity index (χ1v) is 13.3. The Bertz CT molecular complexity index is 1650. The van der Waals surface area contributed by atoms with Gasteiger partial charge in [0.25, 0.3) is 5.56 Å². The summed E-state index contributed by atoms with van der Waals surface area (Å²) in [4.78, 5) is 60.0. The fourth-order valence-corrected chi connectivity index (χ4v) is 4.99. The van der Waals surface area contributed by atoms with Crippen molar-refractivity contribution in [2.45, 2.75) is 45.6 Å². The lowest BCUT2D eigenvalue weighted by molar-refractivity contribution is 0.0695. The number of hydrogen-bond acceptors (Lipinski definition) is 11. The molecule has 0 aromatic carbocycles. The van der Waals surface area contributed by atoms with Gasteiger partial charge in [0.1, 0.15) is 23.8 Å². The average molecular weight is 559 g/mol. The molecule has 41 heavy (non-hydrogen) atoms. The zero-order chi connectivity index (χ0) is 29.1. The lowest BCUT2D eigenvalue weighted by atomic mass is 10.0. The van der Waals surface area contributed by atoms with Crippen LogP contribution in [0.5, 0.6) is 5.75 Å². The van der Waals surface area contributed by atoms with Crippen LogP contribution >= 0.6 is 0 Å². The maximum Gasteiger partial charge on any atom is 0.338 e. The number of ether oxygens (including phenoxy) is 1. The number of anilines is 3. The molecule has 0 amide bonds. The quantitative estimate of drug-likeness (QED) is 0.272. The van der Waals surface area contributed by atoms with Gasteiger partial charge in [-0.15, -0.1) is 0 Å². The topological polar surface area (TPSA) is 165 Å². The maximum atomic E-state index is 13.4. The van der Waals surface area contributed by atoms with E-state index in [4.69, 9.17) is 9.84 Å². The van der Waals surface area contributed by atoms with Crippen molar-refractivity contribution < 1.29 is 19.4 Å². The molecular weight excluding hydrogens is 528 g/mol. The molecule has 0 saturated heterocycles. The van der Waals surface area contributed by atoms with Crippen molar-refractivity contribution in [2.75, 3.05) is 30.4 Å². The van der Waals surface area contributed by atoms with Crippen LogP contribution in [0.1, 0.15) is 64.9 Å². The number of fused-ring (bicyclic) bond motifs is 1. The van der Waals surface area contributed by atoms with Gasteiger partial charge in [0.05, 0.1) is 23.9 Å². The highest BCUT2D eigenvalue weighted by molar-refractivity contribution is 5.99. The van der Waals surface area contributed by atoms with Crippen LogP contribution in [-0.2, 0) is 0 Å². The highest BCUT2D eigenvalue weighted by atomic mass is 16.5. The monoisotopic (exact) mass is 558 g/mol. The van der Waals surface area contributed by atoms with Crippen molar-refractivity contribution in [2.24, 2.45) is 0 Å². The first-order chi connectivity index (χ1) is 19.7. The Morgan fingerprint density at radius 3 is 2.46 bits per heavy atom. The Balaban J connectivity index is 1.28. The van der Waals surface area contributed by atoms with Crippen LogP contribution in [0.3, 0.4) is 0 Å². The number of carboxylic acid groups (broad SMARTS) is 1. The molecule has 4 aromatic rings. The molecule has 0 atom stereocenters. The molecule has 0 radical (unpaired) electrons. The van der Waals surface area contributed by atoms with Crippen molar-refractivity contribution in [1.29, 1.82) is 0 Å². The van der Waals surface area contributed by atoms with Crippen LogP contribution in [0.25, 0.3) is 11.0 Å². The molecule has 4 heterocycles. The Labute approximate surface area is 235 Å². The third-order valence-electron chi connectivity index (χ3n) is 7.15. The van der Waals surface area contributed by atoms with Crippen LogP contribution in [0.4, 0.5) is 17.7 Å². The van der Waals surface area contributed by atoms with Crippen molar-refractivity contribution in [3.8, 4) is 5.75 Å². The molecule has 0 spiro atoms. The summed E-state index contributed by atoms with van der Waals surface area (Å²) in [5.74, 6) is 0.376. The van der Waals surface area contributed by atoms with E-state index in [-0.39, 0.29) is 34.5 Å². The summed E-state index contributed by atoms with van der Waals surface area (Å²) in [6.45, 7) is 3.96. The largest absolute Gasteiger partial charge is 0.490 e. The van der Waals surface area contributed by atoms with E-state index in [2.05, 4.69) is 30.2 Å². The van der Waals surface area contributed by atoms with E-state index in [1.54, 1.807) is 48.0 Å². The molecule has 13 nitrogen and oxygen atoms in total. The predicted octanol–water partition coefficient (Wildman–Crippen LogP) is 3.56. The fraction of sp³-hybridized carbons (Fsp3) is 0.357. The van der Waals surface area contributed by atoms with Gasteiger partial charge in [-0.05, 0) is 44.4 Å². The Morgan fingerprint density at radius 1 is 1.10 bits per heavy atom. The van der Waals surface area contributed by atoms with Gasteiger partial charge >= 0.3 is 5.97 Å². The number of carbonyl (C=O) groups is 2.